The van der Waals surface area contributed by atoms with Gasteiger partial charge in [0.25, 0.3) is 0 Å². The number of aliphatic carboxylic acids is 1. The molecule has 0 amide bonds. The van der Waals surface area contributed by atoms with Crippen molar-refractivity contribution in [3.8, 4) is 11.8 Å². The number of carboxylic acid groups (broad SMARTS) is 1. The van der Waals surface area contributed by atoms with Crippen molar-refractivity contribution in [2.75, 3.05) is 6.61 Å². The number of carbonyl (C=O) groups is 1. The minimum absolute atomic E-state index is 0.0167. The van der Waals surface area contributed by atoms with E-state index in [1.165, 1.54) is 18.2 Å². The summed E-state index contributed by atoms with van der Waals surface area (Å²) in [5.41, 5.74) is -0.155. The molecule has 4 nitrogen and oxygen atoms in total. The first-order chi connectivity index (χ1) is 7.65. The van der Waals surface area contributed by atoms with E-state index in [1.54, 1.807) is 6.07 Å². The second-order valence-corrected chi connectivity index (χ2v) is 3.07. The first kappa shape index (κ1) is 12.0. The van der Waals surface area contributed by atoms with Crippen LogP contribution in [0.2, 0.25) is 0 Å². The molecule has 0 radical (unpaired) electrons. The van der Waals surface area contributed by atoms with E-state index in [4.69, 9.17) is 15.1 Å². The molecule has 0 aliphatic carbocycles. The number of hydrogen-bond donors (Lipinski definition) is 1. The number of nitriles is 1. The summed E-state index contributed by atoms with van der Waals surface area (Å²) in [6.45, 7) is 0.143. The molecule has 0 bridgehead atoms. The van der Waals surface area contributed by atoms with Crippen molar-refractivity contribution in [3.63, 3.8) is 0 Å². The maximum absolute atomic E-state index is 13.1. The van der Waals surface area contributed by atoms with E-state index in [-0.39, 0.29) is 24.3 Å². The van der Waals surface area contributed by atoms with Crippen molar-refractivity contribution in [2.45, 2.75) is 12.8 Å². The van der Waals surface area contributed by atoms with E-state index in [2.05, 4.69) is 0 Å². The Morgan fingerprint density at radius 3 is 2.94 bits per heavy atom. The molecule has 0 aliphatic rings. The van der Waals surface area contributed by atoms with Crippen LogP contribution in [-0.4, -0.2) is 17.7 Å². The molecule has 1 rings (SSSR count). The molecule has 0 aromatic heterocycles. The maximum atomic E-state index is 13.1. The summed E-state index contributed by atoms with van der Waals surface area (Å²) in [6.07, 6.45) is 0.300. The third kappa shape index (κ3) is 3.24. The Morgan fingerprint density at radius 1 is 1.56 bits per heavy atom. The molecule has 1 N–H and O–H groups in total. The van der Waals surface area contributed by atoms with Crippen LogP contribution >= 0.6 is 0 Å². The highest BCUT2D eigenvalue weighted by Gasteiger charge is 2.08. The first-order valence-corrected chi connectivity index (χ1v) is 4.68. The average molecular weight is 223 g/mol. The summed E-state index contributed by atoms with van der Waals surface area (Å²) >= 11 is 0. The fraction of sp³-hybridized carbons (Fsp3) is 0.273. The van der Waals surface area contributed by atoms with Crippen LogP contribution in [0.1, 0.15) is 18.4 Å². The molecule has 0 aliphatic heterocycles. The average Bonchev–Trinajstić information content (AvgIpc) is 2.24. The molecule has 84 valence electrons. The summed E-state index contributed by atoms with van der Waals surface area (Å²) in [7, 11) is 0. The van der Waals surface area contributed by atoms with Crippen molar-refractivity contribution in [1.82, 2.24) is 0 Å². The van der Waals surface area contributed by atoms with Crippen molar-refractivity contribution >= 4 is 5.97 Å². The largest absolute Gasteiger partial charge is 0.492 e. The number of nitrogens with zero attached hydrogens (tertiary/aromatic N) is 1. The number of carboxylic acids is 1. The van der Waals surface area contributed by atoms with E-state index >= 15 is 0 Å². The van der Waals surface area contributed by atoms with Gasteiger partial charge in [-0.15, -0.1) is 0 Å². The number of rotatable bonds is 5. The molecule has 1 aromatic carbocycles. The highest BCUT2D eigenvalue weighted by molar-refractivity contribution is 5.66. The Morgan fingerprint density at radius 2 is 2.31 bits per heavy atom. The highest BCUT2D eigenvalue weighted by atomic mass is 19.1. The van der Waals surface area contributed by atoms with Crippen LogP contribution in [0.4, 0.5) is 4.39 Å². The third-order valence-electron chi connectivity index (χ3n) is 1.88. The summed E-state index contributed by atoms with van der Waals surface area (Å²) in [5.74, 6) is -1.41. The number of halogens is 1. The van der Waals surface area contributed by atoms with Gasteiger partial charge in [-0.25, -0.2) is 4.39 Å². The van der Waals surface area contributed by atoms with Crippen LogP contribution < -0.4 is 4.74 Å². The molecule has 1 aromatic rings. The van der Waals surface area contributed by atoms with E-state index in [9.17, 15) is 9.18 Å². The van der Waals surface area contributed by atoms with Gasteiger partial charge in [0.2, 0.25) is 0 Å². The molecule has 5 heteroatoms. The predicted octanol–water partition coefficient (Wildman–Crippen LogP) is 1.94. The van der Waals surface area contributed by atoms with Crippen molar-refractivity contribution in [3.05, 3.63) is 29.6 Å². The Balaban J connectivity index is 2.58. The first-order valence-electron chi connectivity index (χ1n) is 4.68. The smallest absolute Gasteiger partial charge is 0.303 e. The predicted molar refractivity (Wildman–Crippen MR) is 53.5 cm³/mol. The van der Waals surface area contributed by atoms with Gasteiger partial charge in [0, 0.05) is 6.42 Å². The molecule has 0 fully saturated rings. The van der Waals surface area contributed by atoms with Gasteiger partial charge >= 0.3 is 5.97 Å². The van der Waals surface area contributed by atoms with Gasteiger partial charge in [-0.3, -0.25) is 4.79 Å². The lowest BCUT2D eigenvalue weighted by Crippen LogP contribution is -2.03. The fourth-order valence-electron chi connectivity index (χ4n) is 1.14. The Kier molecular flexibility index (Phi) is 4.28. The van der Waals surface area contributed by atoms with Gasteiger partial charge in [-0.1, -0.05) is 6.07 Å². The molecule has 16 heavy (non-hydrogen) atoms. The van der Waals surface area contributed by atoms with Gasteiger partial charge in [0.05, 0.1) is 6.61 Å². The van der Waals surface area contributed by atoms with Gasteiger partial charge < -0.3 is 9.84 Å². The Hall–Kier alpha value is -2.09. The molecule has 0 atom stereocenters. The zero-order valence-electron chi connectivity index (χ0n) is 8.44. The van der Waals surface area contributed by atoms with Crippen molar-refractivity contribution in [2.24, 2.45) is 0 Å². The zero-order valence-corrected chi connectivity index (χ0v) is 8.44. The van der Waals surface area contributed by atoms with Crippen LogP contribution in [0.15, 0.2) is 18.2 Å². The highest BCUT2D eigenvalue weighted by Crippen LogP contribution is 2.20. The Labute approximate surface area is 91.9 Å². The van der Waals surface area contributed by atoms with E-state index in [0.717, 1.165) is 0 Å². The lowest BCUT2D eigenvalue weighted by molar-refractivity contribution is -0.137. The number of hydrogen-bond acceptors (Lipinski definition) is 3. The van der Waals surface area contributed by atoms with Gasteiger partial charge in [0.15, 0.2) is 0 Å². The standard InChI is InChI=1S/C11H10FNO3/c12-9-3-1-4-10(8(9)7-13)16-6-2-5-11(14)15/h1,3-4H,2,5-6H2,(H,14,15). The summed E-state index contributed by atoms with van der Waals surface area (Å²) in [4.78, 5) is 10.2. The molecule has 0 saturated heterocycles. The lowest BCUT2D eigenvalue weighted by atomic mass is 10.2. The second kappa shape index (κ2) is 5.71. The van der Waals surface area contributed by atoms with Crippen LogP contribution in [-0.2, 0) is 4.79 Å². The number of benzene rings is 1. The molecule has 0 spiro atoms. The summed E-state index contributed by atoms with van der Waals surface area (Å²) in [5, 5.41) is 17.1. The normalized spacial score (nSPS) is 9.50. The van der Waals surface area contributed by atoms with Gasteiger partial charge in [-0.2, -0.15) is 5.26 Å². The van der Waals surface area contributed by atoms with E-state index in [0.29, 0.717) is 6.42 Å². The SMILES string of the molecule is N#Cc1c(F)cccc1OCCCC(=O)O. The number of ether oxygens (including phenoxy) is 1. The summed E-state index contributed by atoms with van der Waals surface area (Å²) < 4.78 is 18.2. The molecular formula is C11H10FNO3. The monoisotopic (exact) mass is 223 g/mol. The third-order valence-corrected chi connectivity index (χ3v) is 1.88. The summed E-state index contributed by atoms with van der Waals surface area (Å²) in [6, 6.07) is 5.77. The van der Waals surface area contributed by atoms with E-state index in [1.807, 2.05) is 0 Å². The molecule has 0 heterocycles. The molecular weight excluding hydrogens is 213 g/mol. The van der Waals surface area contributed by atoms with Crippen molar-refractivity contribution < 1.29 is 19.0 Å². The van der Waals surface area contributed by atoms with Gasteiger partial charge in [0.1, 0.15) is 23.2 Å². The minimum atomic E-state index is -0.914. The lowest BCUT2D eigenvalue weighted by Gasteiger charge is -2.06. The Bertz CT molecular complexity index is 426. The topological polar surface area (TPSA) is 70.3 Å². The van der Waals surface area contributed by atoms with Gasteiger partial charge in [-0.05, 0) is 18.6 Å². The molecule has 0 unspecified atom stereocenters. The minimum Gasteiger partial charge on any atom is -0.492 e. The maximum Gasteiger partial charge on any atom is 0.303 e. The van der Waals surface area contributed by atoms with Crippen LogP contribution in [0.25, 0.3) is 0 Å². The zero-order chi connectivity index (χ0) is 12.0. The van der Waals surface area contributed by atoms with Crippen molar-refractivity contribution in [1.29, 1.82) is 5.26 Å². The van der Waals surface area contributed by atoms with E-state index < -0.39 is 11.8 Å². The van der Waals surface area contributed by atoms with Crippen LogP contribution in [0, 0.1) is 17.1 Å². The second-order valence-electron chi connectivity index (χ2n) is 3.07. The van der Waals surface area contributed by atoms with Crippen LogP contribution in [0.5, 0.6) is 5.75 Å². The van der Waals surface area contributed by atoms with Crippen LogP contribution in [0.3, 0.4) is 0 Å². The quantitative estimate of drug-likeness (QED) is 0.774. The fourth-order valence-corrected chi connectivity index (χ4v) is 1.14. The molecule has 0 saturated carbocycles.